The summed E-state index contributed by atoms with van der Waals surface area (Å²) in [7, 11) is 0. The van der Waals surface area contributed by atoms with Crippen LogP contribution in [-0.4, -0.2) is 27.2 Å². The third kappa shape index (κ3) is 1.88. The number of hydrogen-bond donors (Lipinski definition) is 3. The number of nitrogens with zero attached hydrogens (tertiary/aromatic N) is 1. The van der Waals surface area contributed by atoms with Gasteiger partial charge in [0.25, 0.3) is 11.5 Å². The van der Waals surface area contributed by atoms with Gasteiger partial charge in [-0.25, -0.2) is 4.79 Å². The number of amides is 1. The number of aliphatic hydroxyl groups is 1. The molecular formula is C7H9N3O4. The van der Waals surface area contributed by atoms with Crippen molar-refractivity contribution in [2.45, 2.75) is 6.54 Å². The van der Waals surface area contributed by atoms with Crippen LogP contribution >= 0.6 is 0 Å². The van der Waals surface area contributed by atoms with Crippen molar-refractivity contribution in [3.8, 4) is 0 Å². The molecule has 0 aliphatic carbocycles. The zero-order valence-electron chi connectivity index (χ0n) is 7.19. The van der Waals surface area contributed by atoms with Crippen molar-refractivity contribution in [1.82, 2.24) is 9.55 Å². The van der Waals surface area contributed by atoms with Gasteiger partial charge < -0.3 is 10.8 Å². The number of aromatic nitrogens is 2. The molecule has 7 nitrogen and oxygen atoms in total. The van der Waals surface area contributed by atoms with Gasteiger partial charge in [0.15, 0.2) is 0 Å². The molecule has 1 amide bonds. The maximum Gasteiger partial charge on any atom is 0.328 e. The van der Waals surface area contributed by atoms with Crippen LogP contribution in [0, 0.1) is 0 Å². The summed E-state index contributed by atoms with van der Waals surface area (Å²) in [5, 5.41) is 8.58. The van der Waals surface area contributed by atoms with E-state index in [1.807, 2.05) is 4.98 Å². The summed E-state index contributed by atoms with van der Waals surface area (Å²) < 4.78 is 1.00. The monoisotopic (exact) mass is 199 g/mol. The molecule has 0 radical (unpaired) electrons. The number of aromatic amines is 1. The average Bonchev–Trinajstić information content (AvgIpc) is 2.09. The molecule has 0 aromatic carbocycles. The van der Waals surface area contributed by atoms with E-state index >= 15 is 0 Å². The highest BCUT2D eigenvalue weighted by Gasteiger charge is 2.08. The second kappa shape index (κ2) is 3.88. The Bertz CT molecular complexity index is 459. The lowest BCUT2D eigenvalue weighted by Gasteiger charge is -2.02. The van der Waals surface area contributed by atoms with Crippen molar-refractivity contribution >= 4 is 5.91 Å². The van der Waals surface area contributed by atoms with E-state index in [2.05, 4.69) is 0 Å². The number of nitrogens with two attached hydrogens (primary N) is 1. The lowest BCUT2D eigenvalue weighted by molar-refractivity contribution is 0.0997. The molecule has 4 N–H and O–H groups in total. The van der Waals surface area contributed by atoms with Crippen LogP contribution in [0.5, 0.6) is 0 Å². The maximum atomic E-state index is 11.0. The zero-order valence-corrected chi connectivity index (χ0v) is 7.19. The molecule has 0 saturated heterocycles. The SMILES string of the molecule is NC(=O)c1cn(CCO)c(=O)[nH]c1=O. The molecule has 0 aliphatic rings. The molecule has 0 unspecified atom stereocenters. The molecule has 0 saturated carbocycles. The van der Waals surface area contributed by atoms with Gasteiger partial charge >= 0.3 is 5.69 Å². The van der Waals surface area contributed by atoms with Gasteiger partial charge in [-0.05, 0) is 0 Å². The molecule has 0 aliphatic heterocycles. The largest absolute Gasteiger partial charge is 0.395 e. The first-order valence-corrected chi connectivity index (χ1v) is 3.80. The first-order valence-electron chi connectivity index (χ1n) is 3.80. The minimum atomic E-state index is -0.919. The first kappa shape index (κ1) is 10.2. The molecule has 1 aromatic heterocycles. The fraction of sp³-hybridized carbons (Fsp3) is 0.286. The number of nitrogens with one attached hydrogen (secondary N) is 1. The first-order chi connectivity index (χ1) is 6.56. The fourth-order valence-corrected chi connectivity index (χ4v) is 0.959. The number of primary amides is 1. The van der Waals surface area contributed by atoms with Gasteiger partial charge in [-0.3, -0.25) is 19.1 Å². The summed E-state index contributed by atoms with van der Waals surface area (Å²) in [6.45, 7) is -0.278. The van der Waals surface area contributed by atoms with E-state index in [0.29, 0.717) is 0 Å². The molecule has 14 heavy (non-hydrogen) atoms. The van der Waals surface area contributed by atoms with Crippen molar-refractivity contribution in [3.05, 3.63) is 32.6 Å². The van der Waals surface area contributed by atoms with Crippen molar-refractivity contribution < 1.29 is 9.90 Å². The molecule has 1 aromatic rings. The molecule has 1 rings (SSSR count). The van der Waals surface area contributed by atoms with E-state index in [9.17, 15) is 14.4 Å². The number of H-pyrrole nitrogens is 1. The van der Waals surface area contributed by atoms with Crippen molar-refractivity contribution in [3.63, 3.8) is 0 Å². The van der Waals surface area contributed by atoms with E-state index in [-0.39, 0.29) is 18.7 Å². The lowest BCUT2D eigenvalue weighted by atomic mass is 10.3. The minimum absolute atomic E-state index is 0.00407. The predicted molar refractivity (Wildman–Crippen MR) is 46.9 cm³/mol. The van der Waals surface area contributed by atoms with E-state index in [1.165, 1.54) is 0 Å². The second-order valence-corrected chi connectivity index (χ2v) is 2.58. The van der Waals surface area contributed by atoms with Gasteiger partial charge in [-0.15, -0.1) is 0 Å². The smallest absolute Gasteiger partial charge is 0.328 e. The molecule has 0 fully saturated rings. The Morgan fingerprint density at radius 1 is 1.57 bits per heavy atom. The van der Waals surface area contributed by atoms with Crippen LogP contribution in [0.1, 0.15) is 10.4 Å². The zero-order chi connectivity index (χ0) is 10.7. The number of aliphatic hydroxyl groups excluding tert-OH is 1. The van der Waals surface area contributed by atoms with E-state index in [1.54, 1.807) is 0 Å². The Labute approximate surface area is 77.8 Å². The van der Waals surface area contributed by atoms with E-state index in [0.717, 1.165) is 10.8 Å². The topological polar surface area (TPSA) is 118 Å². The van der Waals surface area contributed by atoms with Gasteiger partial charge in [0.05, 0.1) is 13.2 Å². The van der Waals surface area contributed by atoms with Crippen LogP contribution in [0.2, 0.25) is 0 Å². The van der Waals surface area contributed by atoms with Gasteiger partial charge in [0, 0.05) is 6.20 Å². The third-order valence-electron chi connectivity index (χ3n) is 1.62. The van der Waals surface area contributed by atoms with Gasteiger partial charge in [0.2, 0.25) is 0 Å². The minimum Gasteiger partial charge on any atom is -0.395 e. The Morgan fingerprint density at radius 3 is 2.71 bits per heavy atom. The quantitative estimate of drug-likeness (QED) is 0.504. The maximum absolute atomic E-state index is 11.0. The highest BCUT2D eigenvalue weighted by atomic mass is 16.3. The summed E-state index contributed by atoms with van der Waals surface area (Å²) in [5.41, 5.74) is 3.08. The highest BCUT2D eigenvalue weighted by molar-refractivity contribution is 5.91. The van der Waals surface area contributed by atoms with Crippen LogP contribution in [0.4, 0.5) is 0 Å². The van der Waals surface area contributed by atoms with Gasteiger partial charge in [-0.2, -0.15) is 0 Å². The Morgan fingerprint density at radius 2 is 2.21 bits per heavy atom. The third-order valence-corrected chi connectivity index (χ3v) is 1.62. The molecule has 1 heterocycles. The molecule has 0 bridgehead atoms. The van der Waals surface area contributed by atoms with Crippen molar-refractivity contribution in [2.24, 2.45) is 5.73 Å². The molecule has 76 valence electrons. The van der Waals surface area contributed by atoms with E-state index in [4.69, 9.17) is 10.8 Å². The molecule has 0 atom stereocenters. The number of hydrogen-bond acceptors (Lipinski definition) is 4. The Hall–Kier alpha value is -1.89. The molecule has 7 heteroatoms. The van der Waals surface area contributed by atoms with Gasteiger partial charge in [-0.1, -0.05) is 0 Å². The number of carbonyl (C=O) groups excluding carboxylic acids is 1. The normalized spacial score (nSPS) is 10.1. The molecule has 0 spiro atoms. The fourth-order valence-electron chi connectivity index (χ4n) is 0.959. The van der Waals surface area contributed by atoms with Crippen LogP contribution in [0.25, 0.3) is 0 Å². The van der Waals surface area contributed by atoms with Crippen LogP contribution in [0.3, 0.4) is 0 Å². The van der Waals surface area contributed by atoms with E-state index < -0.39 is 17.2 Å². The van der Waals surface area contributed by atoms with Gasteiger partial charge in [0.1, 0.15) is 5.56 Å². The van der Waals surface area contributed by atoms with Crippen molar-refractivity contribution in [2.75, 3.05) is 6.61 Å². The summed E-state index contributed by atoms with van der Waals surface area (Å²) >= 11 is 0. The second-order valence-electron chi connectivity index (χ2n) is 2.58. The number of rotatable bonds is 3. The summed E-state index contributed by atoms with van der Waals surface area (Å²) in [6, 6.07) is 0. The summed E-state index contributed by atoms with van der Waals surface area (Å²) in [4.78, 5) is 34.7. The van der Waals surface area contributed by atoms with Crippen LogP contribution < -0.4 is 17.0 Å². The summed E-state index contributed by atoms with van der Waals surface area (Å²) in [6.07, 6.45) is 1.03. The number of carbonyl (C=O) groups is 1. The Kier molecular flexibility index (Phi) is 2.82. The van der Waals surface area contributed by atoms with Crippen molar-refractivity contribution in [1.29, 1.82) is 0 Å². The summed E-state index contributed by atoms with van der Waals surface area (Å²) in [5.74, 6) is -0.919. The average molecular weight is 199 g/mol. The highest BCUT2D eigenvalue weighted by Crippen LogP contribution is 1.85. The lowest BCUT2D eigenvalue weighted by Crippen LogP contribution is -2.35. The Balaban J connectivity index is 3.35. The standard InChI is InChI=1S/C7H9N3O4/c8-5(12)4-3-10(1-2-11)7(14)9-6(4)13/h3,11H,1-2H2,(H2,8,12)(H,9,13,14). The molecular weight excluding hydrogens is 190 g/mol. The van der Waals surface area contributed by atoms with Crippen LogP contribution in [-0.2, 0) is 6.54 Å². The van der Waals surface area contributed by atoms with Crippen LogP contribution in [0.15, 0.2) is 15.8 Å². The predicted octanol–water partition coefficient (Wildman–Crippen LogP) is -2.37.